The monoisotopic (exact) mass is 226 g/mol. The molecule has 1 aromatic rings. The second kappa shape index (κ2) is 4.77. The van der Waals surface area contributed by atoms with Gasteiger partial charge in [-0.3, -0.25) is 0 Å². The number of rotatable bonds is 3. The highest BCUT2D eigenvalue weighted by molar-refractivity contribution is 6.32. The minimum atomic E-state index is 0.641. The van der Waals surface area contributed by atoms with E-state index in [9.17, 15) is 0 Å². The number of anilines is 1. The molecule has 2 rings (SSSR count). The van der Waals surface area contributed by atoms with Crippen LogP contribution in [0.3, 0.4) is 0 Å². The van der Waals surface area contributed by atoms with Gasteiger partial charge in [0.25, 0.3) is 0 Å². The first kappa shape index (κ1) is 10.6. The van der Waals surface area contributed by atoms with Gasteiger partial charge in [-0.15, -0.1) is 0 Å². The van der Waals surface area contributed by atoms with E-state index in [1.165, 1.54) is 6.42 Å². The SMILES string of the molecule is CNCC1CCN(c2ncncc2Cl)C1. The second-order valence-electron chi connectivity index (χ2n) is 3.85. The standard InChI is InChI=1S/C10H15ClN4/c1-12-4-8-2-3-15(6-8)10-9(11)5-13-7-14-10/h5,7-8,12H,2-4,6H2,1H3. The van der Waals surface area contributed by atoms with Gasteiger partial charge in [-0.25, -0.2) is 9.97 Å². The van der Waals surface area contributed by atoms with Gasteiger partial charge in [0, 0.05) is 13.1 Å². The van der Waals surface area contributed by atoms with Crippen LogP contribution in [-0.2, 0) is 0 Å². The van der Waals surface area contributed by atoms with Crippen molar-refractivity contribution in [3.8, 4) is 0 Å². The van der Waals surface area contributed by atoms with Crippen LogP contribution in [0.25, 0.3) is 0 Å². The van der Waals surface area contributed by atoms with Gasteiger partial charge in [0.2, 0.25) is 0 Å². The molecule has 1 aromatic heterocycles. The molecule has 2 heterocycles. The number of hydrogen-bond acceptors (Lipinski definition) is 4. The van der Waals surface area contributed by atoms with Crippen LogP contribution in [0.15, 0.2) is 12.5 Å². The van der Waals surface area contributed by atoms with Crippen molar-refractivity contribution in [2.45, 2.75) is 6.42 Å². The molecule has 1 atom stereocenters. The molecule has 1 saturated heterocycles. The van der Waals surface area contributed by atoms with Gasteiger partial charge in [-0.1, -0.05) is 11.6 Å². The Morgan fingerprint density at radius 1 is 1.67 bits per heavy atom. The largest absolute Gasteiger partial charge is 0.355 e. The molecule has 0 aromatic carbocycles. The van der Waals surface area contributed by atoms with E-state index in [1.807, 2.05) is 7.05 Å². The van der Waals surface area contributed by atoms with Crippen LogP contribution in [0.1, 0.15) is 6.42 Å². The zero-order valence-corrected chi connectivity index (χ0v) is 9.54. The fourth-order valence-electron chi connectivity index (χ4n) is 2.02. The van der Waals surface area contributed by atoms with Crippen molar-refractivity contribution in [2.75, 3.05) is 31.6 Å². The Hall–Kier alpha value is -0.870. The van der Waals surface area contributed by atoms with Crippen molar-refractivity contribution in [3.05, 3.63) is 17.5 Å². The third kappa shape index (κ3) is 2.38. The first-order valence-electron chi connectivity index (χ1n) is 5.16. The van der Waals surface area contributed by atoms with Crippen LogP contribution >= 0.6 is 11.6 Å². The molecule has 0 radical (unpaired) electrons. The van der Waals surface area contributed by atoms with E-state index >= 15 is 0 Å². The molecular weight excluding hydrogens is 212 g/mol. The van der Waals surface area contributed by atoms with Gasteiger partial charge in [0.05, 0.1) is 6.20 Å². The molecular formula is C10H15ClN4. The average molecular weight is 227 g/mol. The molecule has 4 nitrogen and oxygen atoms in total. The zero-order valence-electron chi connectivity index (χ0n) is 8.78. The lowest BCUT2D eigenvalue weighted by atomic mass is 10.1. The van der Waals surface area contributed by atoms with Crippen molar-refractivity contribution >= 4 is 17.4 Å². The average Bonchev–Trinajstić information content (AvgIpc) is 2.68. The van der Waals surface area contributed by atoms with E-state index < -0.39 is 0 Å². The lowest BCUT2D eigenvalue weighted by molar-refractivity contribution is 0.549. The Morgan fingerprint density at radius 2 is 2.53 bits per heavy atom. The van der Waals surface area contributed by atoms with Crippen LogP contribution in [0, 0.1) is 5.92 Å². The van der Waals surface area contributed by atoms with Gasteiger partial charge in [0.1, 0.15) is 11.3 Å². The van der Waals surface area contributed by atoms with Crippen molar-refractivity contribution in [1.29, 1.82) is 0 Å². The predicted molar refractivity (Wildman–Crippen MR) is 61.3 cm³/mol. The number of nitrogens with one attached hydrogen (secondary N) is 1. The quantitative estimate of drug-likeness (QED) is 0.841. The van der Waals surface area contributed by atoms with Gasteiger partial charge < -0.3 is 10.2 Å². The number of nitrogens with zero attached hydrogens (tertiary/aromatic N) is 3. The summed E-state index contributed by atoms with van der Waals surface area (Å²) in [5, 5.41) is 3.85. The molecule has 0 bridgehead atoms. The molecule has 1 unspecified atom stereocenters. The lowest BCUT2D eigenvalue weighted by Crippen LogP contribution is -2.25. The number of halogens is 1. The van der Waals surface area contributed by atoms with Gasteiger partial charge in [-0.05, 0) is 25.9 Å². The molecule has 15 heavy (non-hydrogen) atoms. The molecule has 0 saturated carbocycles. The third-order valence-electron chi connectivity index (χ3n) is 2.73. The first-order valence-corrected chi connectivity index (χ1v) is 5.54. The van der Waals surface area contributed by atoms with Gasteiger partial charge >= 0.3 is 0 Å². The molecule has 5 heteroatoms. The van der Waals surface area contributed by atoms with E-state index in [0.29, 0.717) is 10.9 Å². The van der Waals surface area contributed by atoms with Crippen LogP contribution in [0.4, 0.5) is 5.82 Å². The Morgan fingerprint density at radius 3 is 3.27 bits per heavy atom. The Bertz CT molecular complexity index is 331. The molecule has 0 aliphatic carbocycles. The van der Waals surface area contributed by atoms with Crippen LogP contribution < -0.4 is 10.2 Å². The Balaban J connectivity index is 2.04. The maximum atomic E-state index is 6.05. The van der Waals surface area contributed by atoms with Gasteiger partial charge in [0.15, 0.2) is 5.82 Å². The zero-order chi connectivity index (χ0) is 10.7. The van der Waals surface area contributed by atoms with E-state index in [4.69, 9.17) is 11.6 Å². The van der Waals surface area contributed by atoms with E-state index in [0.717, 1.165) is 25.5 Å². The van der Waals surface area contributed by atoms with Crippen LogP contribution in [0.2, 0.25) is 5.02 Å². The molecule has 1 aliphatic rings. The van der Waals surface area contributed by atoms with Crippen molar-refractivity contribution in [1.82, 2.24) is 15.3 Å². The first-order chi connectivity index (χ1) is 7.31. The second-order valence-corrected chi connectivity index (χ2v) is 4.26. The highest BCUT2D eigenvalue weighted by Gasteiger charge is 2.24. The maximum absolute atomic E-state index is 6.05. The summed E-state index contributed by atoms with van der Waals surface area (Å²) in [5.41, 5.74) is 0. The summed E-state index contributed by atoms with van der Waals surface area (Å²) in [6, 6.07) is 0. The molecule has 0 amide bonds. The molecule has 1 N–H and O–H groups in total. The van der Waals surface area contributed by atoms with E-state index in [-0.39, 0.29) is 0 Å². The minimum absolute atomic E-state index is 0.641. The molecule has 1 fully saturated rings. The summed E-state index contributed by atoms with van der Waals surface area (Å²) in [6.07, 6.45) is 4.39. The minimum Gasteiger partial charge on any atom is -0.355 e. The summed E-state index contributed by atoms with van der Waals surface area (Å²) in [4.78, 5) is 10.3. The predicted octanol–water partition coefficient (Wildman–Crippen LogP) is 1.18. The Labute approximate surface area is 94.7 Å². The number of aromatic nitrogens is 2. The maximum Gasteiger partial charge on any atom is 0.150 e. The number of hydrogen-bond donors (Lipinski definition) is 1. The summed E-state index contributed by atoms with van der Waals surface area (Å²) >= 11 is 6.05. The normalized spacial score (nSPS) is 20.9. The summed E-state index contributed by atoms with van der Waals surface area (Å²) in [6.45, 7) is 3.11. The van der Waals surface area contributed by atoms with Gasteiger partial charge in [-0.2, -0.15) is 0 Å². The lowest BCUT2D eigenvalue weighted by Gasteiger charge is -2.18. The topological polar surface area (TPSA) is 41.0 Å². The highest BCUT2D eigenvalue weighted by atomic mass is 35.5. The fraction of sp³-hybridized carbons (Fsp3) is 0.600. The van der Waals surface area contributed by atoms with E-state index in [2.05, 4.69) is 20.2 Å². The smallest absolute Gasteiger partial charge is 0.150 e. The Kier molecular flexibility index (Phi) is 3.38. The fourth-order valence-corrected chi connectivity index (χ4v) is 2.24. The summed E-state index contributed by atoms with van der Waals surface area (Å²) < 4.78 is 0. The molecule has 82 valence electrons. The summed E-state index contributed by atoms with van der Waals surface area (Å²) in [5.74, 6) is 1.56. The van der Waals surface area contributed by atoms with Crippen molar-refractivity contribution < 1.29 is 0 Å². The molecule has 1 aliphatic heterocycles. The third-order valence-corrected chi connectivity index (χ3v) is 2.99. The van der Waals surface area contributed by atoms with Crippen molar-refractivity contribution in [2.24, 2.45) is 5.92 Å². The van der Waals surface area contributed by atoms with Crippen LogP contribution in [0.5, 0.6) is 0 Å². The highest BCUT2D eigenvalue weighted by Crippen LogP contribution is 2.26. The summed E-state index contributed by atoms with van der Waals surface area (Å²) in [7, 11) is 1.99. The van der Waals surface area contributed by atoms with Crippen LogP contribution in [-0.4, -0.2) is 36.6 Å². The van der Waals surface area contributed by atoms with Crippen molar-refractivity contribution in [3.63, 3.8) is 0 Å². The molecule has 0 spiro atoms. The van der Waals surface area contributed by atoms with E-state index in [1.54, 1.807) is 12.5 Å².